The Balaban J connectivity index is 1.19. The van der Waals surface area contributed by atoms with Gasteiger partial charge in [0, 0.05) is 16.6 Å². The molecule has 10 heteroatoms. The molecule has 0 aromatic heterocycles. The summed E-state index contributed by atoms with van der Waals surface area (Å²) in [4.78, 5) is 45.2. The second kappa shape index (κ2) is 11.5. The number of nitrogens with one attached hydrogen (secondary N) is 2. The zero-order valence-electron chi connectivity index (χ0n) is 25.2. The number of nitrogens with zero attached hydrogens (tertiary/aromatic N) is 1. The Labute approximate surface area is 262 Å². The second-order valence-electron chi connectivity index (χ2n) is 12.8. The van der Waals surface area contributed by atoms with Gasteiger partial charge in [0.1, 0.15) is 18.2 Å². The van der Waals surface area contributed by atoms with Crippen molar-refractivity contribution in [2.24, 2.45) is 23.7 Å². The first kappa shape index (κ1) is 29.2. The first-order chi connectivity index (χ1) is 21.3. The van der Waals surface area contributed by atoms with Crippen LogP contribution < -0.4 is 20.1 Å². The van der Waals surface area contributed by atoms with Crippen molar-refractivity contribution in [3.63, 3.8) is 0 Å². The predicted octanol–water partition coefficient (Wildman–Crippen LogP) is 4.28. The SMILES string of the molecule is CSc1cccc(NC(=O)C2C3C=CC4(O3)C2C(=O)N(CC2COc3ccccc3O2)C4C(=O)NC2CCCC(C)C2C)c1. The minimum Gasteiger partial charge on any atom is -0.486 e. The summed E-state index contributed by atoms with van der Waals surface area (Å²) in [6.45, 7) is 4.77. The molecule has 9 atom stereocenters. The summed E-state index contributed by atoms with van der Waals surface area (Å²) < 4.78 is 18.7. The molecule has 2 saturated heterocycles. The van der Waals surface area contributed by atoms with Crippen LogP contribution in [0.15, 0.2) is 65.6 Å². The number of para-hydroxylation sites is 2. The fourth-order valence-electron chi connectivity index (χ4n) is 7.81. The van der Waals surface area contributed by atoms with Crippen molar-refractivity contribution in [2.75, 3.05) is 24.7 Å². The monoisotopic (exact) mass is 617 g/mol. The van der Waals surface area contributed by atoms with E-state index in [0.717, 1.165) is 24.2 Å². The zero-order valence-corrected chi connectivity index (χ0v) is 26.0. The highest BCUT2D eigenvalue weighted by Crippen LogP contribution is 2.55. The van der Waals surface area contributed by atoms with Crippen molar-refractivity contribution in [3.8, 4) is 11.5 Å². The molecule has 1 spiro atoms. The van der Waals surface area contributed by atoms with Gasteiger partial charge >= 0.3 is 0 Å². The predicted molar refractivity (Wildman–Crippen MR) is 167 cm³/mol. The van der Waals surface area contributed by atoms with Crippen molar-refractivity contribution < 1.29 is 28.6 Å². The van der Waals surface area contributed by atoms with Crippen LogP contribution in [0, 0.1) is 23.7 Å². The molecule has 2 aromatic rings. The highest BCUT2D eigenvalue weighted by molar-refractivity contribution is 7.98. The number of fused-ring (bicyclic) bond motifs is 2. The number of likely N-dealkylation sites (tertiary alicyclic amines) is 1. The topological polar surface area (TPSA) is 106 Å². The highest BCUT2D eigenvalue weighted by Gasteiger charge is 2.73. The van der Waals surface area contributed by atoms with E-state index in [2.05, 4.69) is 24.5 Å². The summed E-state index contributed by atoms with van der Waals surface area (Å²) in [5.74, 6) is -0.379. The summed E-state index contributed by atoms with van der Waals surface area (Å²) in [6.07, 6.45) is 7.66. The molecule has 232 valence electrons. The van der Waals surface area contributed by atoms with Gasteiger partial charge < -0.3 is 29.7 Å². The number of hydrogen-bond acceptors (Lipinski definition) is 7. The maximum absolute atomic E-state index is 14.4. The molecule has 3 fully saturated rings. The fraction of sp³-hybridized carbons (Fsp3) is 0.500. The normalized spacial score (nSPS) is 35.0. The van der Waals surface area contributed by atoms with Crippen molar-refractivity contribution in [1.82, 2.24) is 10.2 Å². The van der Waals surface area contributed by atoms with Gasteiger partial charge in [-0.1, -0.05) is 57.0 Å². The molecule has 2 aromatic carbocycles. The molecular weight excluding hydrogens is 578 g/mol. The minimum absolute atomic E-state index is 0.00480. The number of carbonyl (C=O) groups is 3. The summed E-state index contributed by atoms with van der Waals surface area (Å²) in [5, 5.41) is 6.33. The van der Waals surface area contributed by atoms with Gasteiger partial charge in [0.25, 0.3) is 0 Å². The Morgan fingerprint density at radius 2 is 1.89 bits per heavy atom. The number of carbonyl (C=O) groups excluding carboxylic acids is 3. The van der Waals surface area contributed by atoms with Crippen molar-refractivity contribution >= 4 is 35.2 Å². The molecule has 7 rings (SSSR count). The molecular formula is C34H39N3O6S. The van der Waals surface area contributed by atoms with Gasteiger partial charge in [-0.2, -0.15) is 0 Å². The number of thioether (sulfide) groups is 1. The van der Waals surface area contributed by atoms with E-state index in [1.54, 1.807) is 16.7 Å². The number of ether oxygens (including phenoxy) is 3. The summed E-state index contributed by atoms with van der Waals surface area (Å²) >= 11 is 1.59. The maximum atomic E-state index is 14.4. The Morgan fingerprint density at radius 1 is 1.07 bits per heavy atom. The van der Waals surface area contributed by atoms with E-state index >= 15 is 0 Å². The molecule has 1 saturated carbocycles. The average molecular weight is 618 g/mol. The third-order valence-corrected chi connectivity index (χ3v) is 11.0. The molecule has 2 bridgehead atoms. The van der Waals surface area contributed by atoms with E-state index in [1.807, 2.05) is 66.9 Å². The van der Waals surface area contributed by atoms with E-state index in [9.17, 15) is 14.4 Å². The van der Waals surface area contributed by atoms with Crippen LogP contribution in [0.2, 0.25) is 0 Å². The molecule has 4 aliphatic heterocycles. The third-order valence-electron chi connectivity index (χ3n) is 10.3. The van der Waals surface area contributed by atoms with Crippen molar-refractivity contribution in [1.29, 1.82) is 0 Å². The van der Waals surface area contributed by atoms with Crippen molar-refractivity contribution in [2.45, 2.75) is 67.9 Å². The summed E-state index contributed by atoms with van der Waals surface area (Å²) in [7, 11) is 0. The first-order valence-corrected chi connectivity index (χ1v) is 16.8. The lowest BCUT2D eigenvalue weighted by molar-refractivity contribution is -0.143. The highest BCUT2D eigenvalue weighted by atomic mass is 32.2. The van der Waals surface area contributed by atoms with Crippen LogP contribution in [0.5, 0.6) is 11.5 Å². The Hall–Kier alpha value is -3.50. The van der Waals surface area contributed by atoms with E-state index < -0.39 is 35.7 Å². The lowest BCUT2D eigenvalue weighted by Gasteiger charge is -2.38. The average Bonchev–Trinajstić information content (AvgIpc) is 3.67. The Morgan fingerprint density at radius 3 is 2.70 bits per heavy atom. The van der Waals surface area contributed by atoms with Gasteiger partial charge in [0.05, 0.1) is 24.5 Å². The molecule has 3 amide bonds. The lowest BCUT2D eigenvalue weighted by Crippen LogP contribution is -2.59. The molecule has 1 aliphatic carbocycles. The Kier molecular flexibility index (Phi) is 7.61. The number of benzene rings is 2. The van der Waals surface area contributed by atoms with Crippen molar-refractivity contribution in [3.05, 3.63) is 60.7 Å². The number of hydrogen-bond donors (Lipinski definition) is 2. The minimum atomic E-state index is -1.24. The van der Waals surface area contributed by atoms with E-state index in [0.29, 0.717) is 29.0 Å². The standard InChI is InChI=1S/C34H39N3O6S/c1-19-8-6-11-24(20(19)2)36-32(39)30-34-15-14-27(43-34)28(31(38)35-21-9-7-10-23(16-21)44-3)29(34)33(40)37(30)17-22-18-41-25-12-4-5-13-26(25)42-22/h4-5,7,9-10,12-16,19-20,22,24,27-30H,6,8,11,17-18H2,1-3H3,(H,35,38)(H,36,39). The first-order valence-electron chi connectivity index (χ1n) is 15.6. The zero-order chi connectivity index (χ0) is 30.6. The maximum Gasteiger partial charge on any atom is 0.246 e. The van der Waals surface area contributed by atoms with Gasteiger partial charge in [-0.25, -0.2) is 0 Å². The molecule has 44 heavy (non-hydrogen) atoms. The number of anilines is 1. The molecule has 2 N–H and O–H groups in total. The fourth-order valence-corrected chi connectivity index (χ4v) is 8.27. The van der Waals surface area contributed by atoms with Gasteiger partial charge in [-0.15, -0.1) is 11.8 Å². The van der Waals surface area contributed by atoms with Crippen LogP contribution in [-0.2, 0) is 19.1 Å². The summed E-state index contributed by atoms with van der Waals surface area (Å²) in [5.41, 5.74) is -0.586. The summed E-state index contributed by atoms with van der Waals surface area (Å²) in [6, 6.07) is 14.1. The second-order valence-corrected chi connectivity index (χ2v) is 13.7. The largest absolute Gasteiger partial charge is 0.486 e. The van der Waals surface area contributed by atoms with Gasteiger partial charge in [0.2, 0.25) is 17.7 Å². The van der Waals surface area contributed by atoms with Crippen LogP contribution >= 0.6 is 11.8 Å². The molecule has 0 radical (unpaired) electrons. The van der Waals surface area contributed by atoms with Crippen LogP contribution in [0.25, 0.3) is 0 Å². The number of rotatable bonds is 7. The van der Waals surface area contributed by atoms with Crippen LogP contribution in [0.4, 0.5) is 5.69 Å². The van der Waals surface area contributed by atoms with Gasteiger partial charge in [-0.3, -0.25) is 14.4 Å². The lowest BCUT2D eigenvalue weighted by atomic mass is 9.73. The van der Waals surface area contributed by atoms with Crippen LogP contribution in [0.1, 0.15) is 33.1 Å². The third kappa shape index (κ3) is 4.86. The molecule has 5 aliphatic rings. The van der Waals surface area contributed by atoms with E-state index in [4.69, 9.17) is 14.2 Å². The Bertz CT molecular complexity index is 1500. The molecule has 9 unspecified atom stereocenters. The smallest absolute Gasteiger partial charge is 0.246 e. The van der Waals surface area contributed by atoms with E-state index in [1.165, 1.54) is 0 Å². The quantitative estimate of drug-likeness (QED) is 0.353. The van der Waals surface area contributed by atoms with Crippen LogP contribution in [-0.4, -0.2) is 71.9 Å². The van der Waals surface area contributed by atoms with Gasteiger partial charge in [-0.05, 0) is 54.8 Å². The van der Waals surface area contributed by atoms with E-state index in [-0.39, 0.29) is 36.9 Å². The van der Waals surface area contributed by atoms with Crippen LogP contribution in [0.3, 0.4) is 0 Å². The number of amides is 3. The molecule has 4 heterocycles. The molecule has 9 nitrogen and oxygen atoms in total. The van der Waals surface area contributed by atoms with Gasteiger partial charge in [0.15, 0.2) is 17.6 Å².